The highest BCUT2D eigenvalue weighted by molar-refractivity contribution is 5.80. The van der Waals surface area contributed by atoms with Gasteiger partial charge in [-0.3, -0.25) is 14.4 Å². The Morgan fingerprint density at radius 3 is 2.65 bits per heavy atom. The van der Waals surface area contributed by atoms with Gasteiger partial charge in [-0.25, -0.2) is 0 Å². The Morgan fingerprint density at radius 2 is 1.95 bits per heavy atom. The first-order valence-corrected chi connectivity index (χ1v) is 6.45. The number of ether oxygens (including phenoxy) is 1. The van der Waals surface area contributed by atoms with E-state index in [0.717, 1.165) is 17.4 Å². The van der Waals surface area contributed by atoms with Crippen LogP contribution in [0.4, 0.5) is 5.69 Å². The third kappa shape index (κ3) is 3.59. The molecule has 0 saturated carbocycles. The summed E-state index contributed by atoms with van der Waals surface area (Å²) in [5.74, 6) is -0.832. The number of esters is 1. The molecule has 1 fully saturated rings. The second kappa shape index (κ2) is 6.23. The third-order valence-corrected chi connectivity index (χ3v) is 3.12. The lowest BCUT2D eigenvalue weighted by molar-refractivity contribution is -0.152. The average molecular weight is 279 g/mol. The Bertz CT molecular complexity index is 561. The number of hydrogen-bond acceptors (Lipinski definition) is 5. The predicted octanol–water partition coefficient (Wildman–Crippen LogP) is -0.404. The fraction of sp³-hybridized carbons (Fsp3) is 0.462. The van der Waals surface area contributed by atoms with E-state index in [1.807, 2.05) is 0 Å². The quantitative estimate of drug-likeness (QED) is 0.756. The highest BCUT2D eigenvalue weighted by Gasteiger charge is 2.19. The summed E-state index contributed by atoms with van der Waals surface area (Å²) in [6.07, 6.45) is 3.34. The van der Waals surface area contributed by atoms with Gasteiger partial charge in [0.1, 0.15) is 6.54 Å². The summed E-state index contributed by atoms with van der Waals surface area (Å²) < 4.78 is 6.04. The van der Waals surface area contributed by atoms with Crippen LogP contribution in [0, 0.1) is 0 Å². The number of nitrogen functional groups attached to an aromatic ring is 1. The van der Waals surface area contributed by atoms with E-state index in [9.17, 15) is 14.4 Å². The maximum atomic E-state index is 11.7. The zero-order chi connectivity index (χ0) is 14.5. The molecule has 1 aromatic rings. The maximum Gasteiger partial charge on any atom is 0.326 e. The van der Waals surface area contributed by atoms with Crippen LogP contribution < -0.4 is 11.3 Å². The van der Waals surface area contributed by atoms with Crippen molar-refractivity contribution >= 4 is 17.6 Å². The van der Waals surface area contributed by atoms with Crippen molar-refractivity contribution in [2.24, 2.45) is 0 Å². The largest absolute Gasteiger partial charge is 0.454 e. The van der Waals surface area contributed by atoms with Crippen LogP contribution in [0.15, 0.2) is 23.1 Å². The molecule has 0 aliphatic carbocycles. The van der Waals surface area contributed by atoms with Gasteiger partial charge >= 0.3 is 5.97 Å². The van der Waals surface area contributed by atoms with Gasteiger partial charge in [0.2, 0.25) is 0 Å². The van der Waals surface area contributed by atoms with Crippen molar-refractivity contribution < 1.29 is 14.3 Å². The third-order valence-electron chi connectivity index (χ3n) is 3.12. The molecule has 0 radical (unpaired) electrons. The van der Waals surface area contributed by atoms with Crippen molar-refractivity contribution in [3.8, 4) is 0 Å². The van der Waals surface area contributed by atoms with Crippen molar-refractivity contribution in [2.45, 2.75) is 19.4 Å². The fourth-order valence-corrected chi connectivity index (χ4v) is 2.06. The Kier molecular flexibility index (Phi) is 4.39. The van der Waals surface area contributed by atoms with Gasteiger partial charge in [-0.15, -0.1) is 0 Å². The van der Waals surface area contributed by atoms with E-state index in [1.165, 1.54) is 18.3 Å². The summed E-state index contributed by atoms with van der Waals surface area (Å²) in [5, 5.41) is 0. The molecule has 108 valence electrons. The second-order valence-corrected chi connectivity index (χ2v) is 4.68. The minimum absolute atomic E-state index is 0.198. The normalized spacial score (nSPS) is 14.3. The summed E-state index contributed by atoms with van der Waals surface area (Å²) in [5.41, 5.74) is 5.57. The van der Waals surface area contributed by atoms with Crippen molar-refractivity contribution in [1.29, 1.82) is 0 Å². The minimum atomic E-state index is -0.634. The van der Waals surface area contributed by atoms with Gasteiger partial charge in [-0.05, 0) is 18.9 Å². The molecule has 0 aromatic carbocycles. The van der Waals surface area contributed by atoms with E-state index < -0.39 is 5.97 Å². The van der Waals surface area contributed by atoms with Crippen molar-refractivity contribution in [3.05, 3.63) is 28.7 Å². The molecule has 0 atom stereocenters. The van der Waals surface area contributed by atoms with Gasteiger partial charge in [0.05, 0.1) is 0 Å². The van der Waals surface area contributed by atoms with Crippen LogP contribution in [-0.2, 0) is 20.9 Å². The number of pyridine rings is 1. The summed E-state index contributed by atoms with van der Waals surface area (Å²) in [6, 6.07) is 2.74. The van der Waals surface area contributed by atoms with Gasteiger partial charge in [-0.1, -0.05) is 0 Å². The number of amides is 1. The average Bonchev–Trinajstić information content (AvgIpc) is 2.94. The molecule has 7 heteroatoms. The molecule has 0 unspecified atom stereocenters. The highest BCUT2D eigenvalue weighted by atomic mass is 16.5. The SMILES string of the molecule is Nc1ccc(=O)n(CC(=O)OCC(=O)N2CCCC2)c1. The Hall–Kier alpha value is -2.31. The van der Waals surface area contributed by atoms with E-state index in [4.69, 9.17) is 10.5 Å². The summed E-state index contributed by atoms with van der Waals surface area (Å²) in [7, 11) is 0. The van der Waals surface area contributed by atoms with Crippen molar-refractivity contribution in [3.63, 3.8) is 0 Å². The Labute approximate surface area is 115 Å². The topological polar surface area (TPSA) is 94.6 Å². The van der Waals surface area contributed by atoms with Crippen LogP contribution in [0.1, 0.15) is 12.8 Å². The summed E-state index contributed by atoms with van der Waals surface area (Å²) >= 11 is 0. The number of nitrogens with zero attached hydrogens (tertiary/aromatic N) is 2. The maximum absolute atomic E-state index is 11.7. The molecular weight excluding hydrogens is 262 g/mol. The predicted molar refractivity (Wildman–Crippen MR) is 71.9 cm³/mol. The molecular formula is C13H17N3O4. The number of carbonyl (C=O) groups is 2. The zero-order valence-electron chi connectivity index (χ0n) is 11.1. The van der Waals surface area contributed by atoms with Crippen molar-refractivity contribution in [2.75, 3.05) is 25.4 Å². The van der Waals surface area contributed by atoms with Crippen LogP contribution in [0.5, 0.6) is 0 Å². The van der Waals surface area contributed by atoms with E-state index in [-0.39, 0.29) is 24.6 Å². The van der Waals surface area contributed by atoms with Gasteiger partial charge in [0, 0.05) is 31.0 Å². The van der Waals surface area contributed by atoms with Crippen LogP contribution in [0.2, 0.25) is 0 Å². The van der Waals surface area contributed by atoms with Crippen molar-refractivity contribution in [1.82, 2.24) is 9.47 Å². The molecule has 0 bridgehead atoms. The number of carbonyl (C=O) groups excluding carboxylic acids is 2. The fourth-order valence-electron chi connectivity index (χ4n) is 2.06. The van der Waals surface area contributed by atoms with E-state index >= 15 is 0 Å². The van der Waals surface area contributed by atoms with Gasteiger partial charge < -0.3 is 19.9 Å². The molecule has 1 aliphatic rings. The lowest BCUT2D eigenvalue weighted by Gasteiger charge is -2.15. The van der Waals surface area contributed by atoms with Gasteiger partial charge in [0.25, 0.3) is 11.5 Å². The molecule has 7 nitrogen and oxygen atoms in total. The molecule has 20 heavy (non-hydrogen) atoms. The van der Waals surface area contributed by atoms with Gasteiger partial charge in [-0.2, -0.15) is 0 Å². The molecule has 1 aliphatic heterocycles. The lowest BCUT2D eigenvalue weighted by Crippen LogP contribution is -2.33. The minimum Gasteiger partial charge on any atom is -0.454 e. The van der Waals surface area contributed by atoms with Crippen LogP contribution in [-0.4, -0.2) is 41.0 Å². The summed E-state index contributed by atoms with van der Waals surface area (Å²) in [6.45, 7) is 0.892. The van der Waals surface area contributed by atoms with Crippen LogP contribution >= 0.6 is 0 Å². The first-order valence-electron chi connectivity index (χ1n) is 6.45. The molecule has 2 rings (SSSR count). The zero-order valence-corrected chi connectivity index (χ0v) is 11.1. The first-order chi connectivity index (χ1) is 9.56. The van der Waals surface area contributed by atoms with Crippen LogP contribution in [0.25, 0.3) is 0 Å². The molecule has 2 N–H and O–H groups in total. The molecule has 0 spiro atoms. The second-order valence-electron chi connectivity index (χ2n) is 4.68. The number of hydrogen-bond donors (Lipinski definition) is 1. The number of nitrogens with two attached hydrogens (primary N) is 1. The van der Waals surface area contributed by atoms with Gasteiger partial charge in [0.15, 0.2) is 6.61 Å². The number of likely N-dealkylation sites (tertiary alicyclic amines) is 1. The number of anilines is 1. The van der Waals surface area contributed by atoms with E-state index in [1.54, 1.807) is 4.90 Å². The monoisotopic (exact) mass is 279 g/mol. The number of rotatable bonds is 4. The molecule has 2 heterocycles. The first kappa shape index (κ1) is 14.1. The Morgan fingerprint density at radius 1 is 1.25 bits per heavy atom. The standard InChI is InChI=1S/C13H17N3O4/c14-10-3-4-11(17)16(7-10)8-13(19)20-9-12(18)15-5-1-2-6-15/h3-4,7H,1-2,5-6,8-9,14H2. The smallest absolute Gasteiger partial charge is 0.326 e. The van der Waals surface area contributed by atoms with Crippen LogP contribution in [0.3, 0.4) is 0 Å². The molecule has 1 saturated heterocycles. The number of aromatic nitrogens is 1. The highest BCUT2D eigenvalue weighted by Crippen LogP contribution is 2.07. The lowest BCUT2D eigenvalue weighted by atomic mass is 10.4. The molecule has 1 aromatic heterocycles. The molecule has 1 amide bonds. The Balaban J connectivity index is 1.84. The van der Waals surface area contributed by atoms with E-state index in [2.05, 4.69) is 0 Å². The van der Waals surface area contributed by atoms with E-state index in [0.29, 0.717) is 18.8 Å². The summed E-state index contributed by atoms with van der Waals surface area (Å²) in [4.78, 5) is 36.4.